The number of carbonyl (C=O) groups is 2. The summed E-state index contributed by atoms with van der Waals surface area (Å²) in [6.07, 6.45) is 3.70. The Bertz CT molecular complexity index is 1580. The smallest absolute Gasteiger partial charge is 0.428 e. The molecular formula is C38H37BrO6. The van der Waals surface area contributed by atoms with Crippen LogP contribution in [0.3, 0.4) is 0 Å². The van der Waals surface area contributed by atoms with Crippen LogP contribution in [0.25, 0.3) is 0 Å². The Morgan fingerprint density at radius 2 is 0.911 bits per heavy atom. The van der Waals surface area contributed by atoms with Crippen molar-refractivity contribution in [1.82, 2.24) is 0 Å². The fourth-order valence-electron chi connectivity index (χ4n) is 3.04. The Labute approximate surface area is 274 Å². The molecule has 0 spiro atoms. The summed E-state index contributed by atoms with van der Waals surface area (Å²) in [7, 11) is 0. The zero-order valence-electron chi connectivity index (χ0n) is 26.3. The van der Waals surface area contributed by atoms with Crippen LogP contribution in [-0.2, 0) is 9.47 Å². The molecule has 232 valence electrons. The summed E-state index contributed by atoms with van der Waals surface area (Å²) in [5, 5.41) is 0. The fraction of sp³-hybridized carbons (Fsp3) is 0.211. The van der Waals surface area contributed by atoms with E-state index in [0.717, 1.165) is 21.2 Å². The van der Waals surface area contributed by atoms with Crippen LogP contribution in [0, 0.1) is 24.2 Å². The summed E-state index contributed by atoms with van der Waals surface area (Å²) in [5.41, 5.74) is 1.63. The van der Waals surface area contributed by atoms with Crippen LogP contribution in [0.2, 0.25) is 0 Å². The maximum Gasteiger partial charge on any atom is 0.514 e. The van der Waals surface area contributed by atoms with Gasteiger partial charge in [-0.2, -0.15) is 0 Å². The first-order valence-electron chi connectivity index (χ1n) is 14.0. The molecule has 0 atom stereocenters. The van der Waals surface area contributed by atoms with E-state index in [0.29, 0.717) is 11.5 Å². The lowest BCUT2D eigenvalue weighted by Gasteiger charge is -2.18. The zero-order valence-corrected chi connectivity index (χ0v) is 27.9. The van der Waals surface area contributed by atoms with Crippen LogP contribution >= 0.6 is 15.9 Å². The number of ether oxygens (including phenoxy) is 4. The Balaban J connectivity index is 0.000000263. The first-order valence-corrected chi connectivity index (χ1v) is 14.8. The predicted octanol–water partition coefficient (Wildman–Crippen LogP) is 9.83. The summed E-state index contributed by atoms with van der Waals surface area (Å²) < 4.78 is 21.1. The monoisotopic (exact) mass is 668 g/mol. The molecule has 0 radical (unpaired) electrons. The maximum absolute atomic E-state index is 11.6. The highest BCUT2D eigenvalue weighted by Gasteiger charge is 2.18. The van der Waals surface area contributed by atoms with Gasteiger partial charge in [0.2, 0.25) is 0 Å². The molecule has 6 nitrogen and oxygen atoms in total. The molecule has 0 aliphatic rings. The molecule has 0 N–H and O–H groups in total. The maximum atomic E-state index is 11.6. The molecule has 45 heavy (non-hydrogen) atoms. The van der Waals surface area contributed by atoms with Crippen LogP contribution in [0.4, 0.5) is 9.59 Å². The quantitative estimate of drug-likeness (QED) is 0.120. The Kier molecular flexibility index (Phi) is 14.5. The minimum Gasteiger partial charge on any atom is -0.428 e. The van der Waals surface area contributed by atoms with Gasteiger partial charge in [-0.1, -0.05) is 70.1 Å². The van der Waals surface area contributed by atoms with Crippen molar-refractivity contribution in [2.75, 3.05) is 0 Å². The van der Waals surface area contributed by atoms with Gasteiger partial charge in [0, 0.05) is 21.2 Å². The van der Waals surface area contributed by atoms with Crippen molar-refractivity contribution < 1.29 is 28.5 Å². The van der Waals surface area contributed by atoms with Crippen molar-refractivity contribution in [3.8, 4) is 35.7 Å². The van der Waals surface area contributed by atoms with Crippen molar-refractivity contribution in [3.63, 3.8) is 0 Å². The molecule has 0 saturated heterocycles. The second-order valence-corrected chi connectivity index (χ2v) is 12.2. The molecule has 0 aliphatic carbocycles. The first kappa shape index (κ1) is 36.2. The number of benzene rings is 4. The number of terminal acetylenes is 1. The van der Waals surface area contributed by atoms with E-state index in [1.807, 2.05) is 60.7 Å². The van der Waals surface area contributed by atoms with Gasteiger partial charge in [0.05, 0.1) is 0 Å². The summed E-state index contributed by atoms with van der Waals surface area (Å²) in [5.74, 6) is 9.55. The SMILES string of the molecule is C#Cc1ccccc1.CC(C)(C)OC(=O)Oc1ccc(Br)cc1.CC(C)(C)OC(=O)Oc1ccc(C#Cc2ccccc2)cc1. The van der Waals surface area contributed by atoms with E-state index in [9.17, 15) is 9.59 Å². The summed E-state index contributed by atoms with van der Waals surface area (Å²) in [4.78, 5) is 22.8. The van der Waals surface area contributed by atoms with Gasteiger partial charge in [0.25, 0.3) is 0 Å². The van der Waals surface area contributed by atoms with Gasteiger partial charge in [-0.15, -0.1) is 6.42 Å². The van der Waals surface area contributed by atoms with E-state index >= 15 is 0 Å². The normalized spacial score (nSPS) is 10.1. The van der Waals surface area contributed by atoms with E-state index in [-0.39, 0.29) is 0 Å². The Morgan fingerprint density at radius 3 is 1.27 bits per heavy atom. The highest BCUT2D eigenvalue weighted by Crippen LogP contribution is 2.18. The third-order valence-electron chi connectivity index (χ3n) is 4.91. The summed E-state index contributed by atoms with van der Waals surface area (Å²) in [6, 6.07) is 33.3. The highest BCUT2D eigenvalue weighted by molar-refractivity contribution is 9.10. The van der Waals surface area contributed by atoms with Gasteiger partial charge < -0.3 is 18.9 Å². The van der Waals surface area contributed by atoms with Gasteiger partial charge in [0.1, 0.15) is 22.7 Å². The van der Waals surface area contributed by atoms with E-state index in [4.69, 9.17) is 25.4 Å². The third-order valence-corrected chi connectivity index (χ3v) is 5.44. The second-order valence-electron chi connectivity index (χ2n) is 11.2. The van der Waals surface area contributed by atoms with Crippen LogP contribution in [-0.4, -0.2) is 23.5 Å². The molecular weight excluding hydrogens is 632 g/mol. The van der Waals surface area contributed by atoms with Crippen LogP contribution < -0.4 is 9.47 Å². The van der Waals surface area contributed by atoms with Crippen molar-refractivity contribution in [2.24, 2.45) is 0 Å². The Morgan fingerprint density at radius 1 is 0.556 bits per heavy atom. The lowest BCUT2D eigenvalue weighted by Crippen LogP contribution is -2.25. The van der Waals surface area contributed by atoms with Gasteiger partial charge in [-0.25, -0.2) is 9.59 Å². The van der Waals surface area contributed by atoms with Crippen molar-refractivity contribution in [2.45, 2.75) is 52.7 Å². The fourth-order valence-corrected chi connectivity index (χ4v) is 3.31. The second kappa shape index (κ2) is 18.0. The zero-order chi connectivity index (χ0) is 33.3. The molecule has 4 rings (SSSR count). The molecule has 0 saturated carbocycles. The van der Waals surface area contributed by atoms with Crippen LogP contribution in [0.1, 0.15) is 58.2 Å². The molecule has 0 bridgehead atoms. The van der Waals surface area contributed by atoms with Gasteiger partial charge in [-0.3, -0.25) is 0 Å². The molecule has 7 heteroatoms. The number of halogens is 1. The van der Waals surface area contributed by atoms with Crippen LogP contribution in [0.15, 0.2) is 114 Å². The summed E-state index contributed by atoms with van der Waals surface area (Å²) >= 11 is 3.29. The Hall–Kier alpha value is -4.98. The lowest BCUT2D eigenvalue weighted by atomic mass is 10.2. The molecule has 0 heterocycles. The minimum atomic E-state index is -0.712. The molecule has 0 unspecified atom stereocenters. The minimum absolute atomic E-state index is 0.430. The first-order chi connectivity index (χ1) is 21.2. The van der Waals surface area contributed by atoms with Gasteiger partial charge in [-0.05, 0) is 114 Å². The largest absolute Gasteiger partial charge is 0.514 e. The molecule has 0 aromatic heterocycles. The average Bonchev–Trinajstić information content (AvgIpc) is 2.98. The van der Waals surface area contributed by atoms with E-state index in [1.165, 1.54) is 0 Å². The highest BCUT2D eigenvalue weighted by atomic mass is 79.9. The van der Waals surface area contributed by atoms with E-state index in [1.54, 1.807) is 90.1 Å². The topological polar surface area (TPSA) is 71.1 Å². The van der Waals surface area contributed by atoms with Crippen molar-refractivity contribution in [1.29, 1.82) is 0 Å². The van der Waals surface area contributed by atoms with E-state index in [2.05, 4.69) is 33.7 Å². The van der Waals surface area contributed by atoms with Crippen molar-refractivity contribution in [3.05, 3.63) is 130 Å². The molecule has 0 fully saturated rings. The molecule has 4 aromatic rings. The van der Waals surface area contributed by atoms with Gasteiger partial charge >= 0.3 is 12.3 Å². The number of hydrogen-bond donors (Lipinski definition) is 0. The average molecular weight is 670 g/mol. The molecule has 0 amide bonds. The van der Waals surface area contributed by atoms with Crippen molar-refractivity contribution >= 4 is 28.2 Å². The molecule has 0 aliphatic heterocycles. The number of rotatable bonds is 2. The number of hydrogen-bond acceptors (Lipinski definition) is 6. The standard InChI is InChI=1S/C19H18O3.C11H13BrO3.C8H6/c1-19(2,3)22-18(20)21-17-13-11-16(12-14-17)10-9-15-7-5-4-6-8-15;1-11(2,3)15-10(13)14-9-6-4-8(12)5-7-9;1-2-8-6-4-3-5-7-8/h4-8,11-14H,1-3H3;4-7H,1-3H3;1,3-7H. The van der Waals surface area contributed by atoms with E-state index < -0.39 is 23.5 Å². The lowest BCUT2D eigenvalue weighted by molar-refractivity contribution is 0.0193. The van der Waals surface area contributed by atoms with Crippen LogP contribution in [0.5, 0.6) is 11.5 Å². The summed E-state index contributed by atoms with van der Waals surface area (Å²) in [6.45, 7) is 10.7. The van der Waals surface area contributed by atoms with Gasteiger partial charge in [0.15, 0.2) is 0 Å². The third kappa shape index (κ3) is 17.0. The molecule has 4 aromatic carbocycles. The predicted molar refractivity (Wildman–Crippen MR) is 181 cm³/mol. The number of carbonyl (C=O) groups excluding carboxylic acids is 2.